The zero-order valence-electron chi connectivity index (χ0n) is 10.4. The fourth-order valence-corrected chi connectivity index (χ4v) is 1.83. The van der Waals surface area contributed by atoms with E-state index in [1.54, 1.807) is 7.11 Å². The Morgan fingerprint density at radius 1 is 1.25 bits per heavy atom. The summed E-state index contributed by atoms with van der Waals surface area (Å²) in [5.74, 6) is 1.42. The van der Waals surface area contributed by atoms with Gasteiger partial charge in [0.25, 0.3) is 0 Å². The van der Waals surface area contributed by atoms with Crippen LogP contribution in [0.3, 0.4) is 0 Å². The largest absolute Gasteiger partial charge is 0.497 e. The average Bonchev–Trinajstić information content (AvgIpc) is 2.28. The van der Waals surface area contributed by atoms with Gasteiger partial charge in [-0.15, -0.1) is 0 Å². The second kappa shape index (κ2) is 6.51. The number of rotatable bonds is 6. The summed E-state index contributed by atoms with van der Waals surface area (Å²) in [6.45, 7) is 1.76. The number of ether oxygens (including phenoxy) is 1. The molecule has 1 atom stereocenters. The van der Waals surface area contributed by atoms with E-state index in [-0.39, 0.29) is 0 Å². The maximum Gasteiger partial charge on any atom is 0.118 e. The minimum Gasteiger partial charge on any atom is -0.497 e. The average molecular weight is 222 g/mol. The molecule has 0 aliphatic rings. The predicted molar refractivity (Wildman–Crippen MR) is 67.8 cm³/mol. The van der Waals surface area contributed by atoms with Crippen LogP contribution in [0.5, 0.6) is 5.75 Å². The van der Waals surface area contributed by atoms with Crippen molar-refractivity contribution in [2.24, 2.45) is 11.7 Å². The van der Waals surface area contributed by atoms with E-state index in [1.807, 2.05) is 12.1 Å². The Labute approximate surface area is 98.2 Å². The van der Waals surface area contributed by atoms with Gasteiger partial charge in [0.05, 0.1) is 7.11 Å². The fraction of sp³-hybridized carbons (Fsp3) is 0.538. The summed E-state index contributed by atoms with van der Waals surface area (Å²) in [5, 5.41) is 0. The van der Waals surface area contributed by atoms with Crippen molar-refractivity contribution in [2.45, 2.75) is 6.42 Å². The molecular formula is C13H22N2O. The molecule has 1 aromatic rings. The number of benzene rings is 1. The van der Waals surface area contributed by atoms with Gasteiger partial charge in [-0.05, 0) is 50.7 Å². The molecule has 1 unspecified atom stereocenters. The monoisotopic (exact) mass is 222 g/mol. The molecule has 0 heterocycles. The summed E-state index contributed by atoms with van der Waals surface area (Å²) < 4.78 is 5.13. The highest BCUT2D eigenvalue weighted by atomic mass is 16.5. The zero-order chi connectivity index (χ0) is 12.0. The molecule has 0 aliphatic heterocycles. The van der Waals surface area contributed by atoms with E-state index in [4.69, 9.17) is 10.5 Å². The lowest BCUT2D eigenvalue weighted by Crippen LogP contribution is -2.29. The van der Waals surface area contributed by atoms with Crippen molar-refractivity contribution in [3.8, 4) is 5.75 Å². The van der Waals surface area contributed by atoms with Crippen molar-refractivity contribution in [2.75, 3.05) is 34.3 Å². The van der Waals surface area contributed by atoms with Crippen LogP contribution < -0.4 is 10.5 Å². The molecule has 3 heteroatoms. The predicted octanol–water partition coefficient (Wildman–Crippen LogP) is 1.37. The van der Waals surface area contributed by atoms with Crippen LogP contribution in [0.25, 0.3) is 0 Å². The lowest BCUT2D eigenvalue weighted by Gasteiger charge is -2.19. The molecule has 2 N–H and O–H groups in total. The van der Waals surface area contributed by atoms with Crippen molar-refractivity contribution in [3.05, 3.63) is 29.8 Å². The quantitative estimate of drug-likeness (QED) is 0.790. The first-order chi connectivity index (χ1) is 7.65. The topological polar surface area (TPSA) is 38.5 Å². The van der Waals surface area contributed by atoms with E-state index in [0.717, 1.165) is 25.3 Å². The molecule has 1 rings (SSSR count). The molecule has 16 heavy (non-hydrogen) atoms. The van der Waals surface area contributed by atoms with Gasteiger partial charge in [0.15, 0.2) is 0 Å². The van der Waals surface area contributed by atoms with Crippen LogP contribution in [0.2, 0.25) is 0 Å². The minimum absolute atomic E-state index is 0.517. The van der Waals surface area contributed by atoms with E-state index in [2.05, 4.69) is 31.1 Å². The first kappa shape index (κ1) is 13.0. The van der Waals surface area contributed by atoms with E-state index >= 15 is 0 Å². The van der Waals surface area contributed by atoms with Gasteiger partial charge in [-0.1, -0.05) is 12.1 Å². The van der Waals surface area contributed by atoms with E-state index in [9.17, 15) is 0 Å². The molecule has 0 saturated carbocycles. The molecule has 0 amide bonds. The summed E-state index contributed by atoms with van der Waals surface area (Å²) in [6.07, 6.45) is 1.03. The van der Waals surface area contributed by atoms with Gasteiger partial charge >= 0.3 is 0 Å². The van der Waals surface area contributed by atoms with Crippen molar-refractivity contribution in [1.82, 2.24) is 4.90 Å². The smallest absolute Gasteiger partial charge is 0.118 e. The van der Waals surface area contributed by atoms with Crippen LogP contribution in [0.4, 0.5) is 0 Å². The van der Waals surface area contributed by atoms with Crippen LogP contribution >= 0.6 is 0 Å². The molecule has 0 fully saturated rings. The third-order valence-corrected chi connectivity index (χ3v) is 2.64. The Balaban J connectivity index is 2.56. The third kappa shape index (κ3) is 4.21. The number of methoxy groups -OCH3 is 1. The minimum atomic E-state index is 0.517. The number of hydrogen-bond acceptors (Lipinski definition) is 3. The molecule has 0 spiro atoms. The van der Waals surface area contributed by atoms with E-state index in [0.29, 0.717) is 5.92 Å². The maximum atomic E-state index is 5.77. The van der Waals surface area contributed by atoms with Gasteiger partial charge in [0.1, 0.15) is 5.75 Å². The molecule has 0 saturated heterocycles. The third-order valence-electron chi connectivity index (χ3n) is 2.64. The maximum absolute atomic E-state index is 5.77. The SMILES string of the molecule is COc1ccc(CC(CN)CN(C)C)cc1. The van der Waals surface area contributed by atoms with Gasteiger partial charge in [-0.3, -0.25) is 0 Å². The first-order valence-corrected chi connectivity index (χ1v) is 5.63. The summed E-state index contributed by atoms with van der Waals surface area (Å²) >= 11 is 0. The van der Waals surface area contributed by atoms with Crippen LogP contribution in [-0.2, 0) is 6.42 Å². The zero-order valence-corrected chi connectivity index (χ0v) is 10.4. The van der Waals surface area contributed by atoms with E-state index in [1.165, 1.54) is 5.56 Å². The molecule has 0 bridgehead atoms. The molecule has 0 radical (unpaired) electrons. The number of hydrogen-bond donors (Lipinski definition) is 1. The summed E-state index contributed by atoms with van der Waals surface area (Å²) in [7, 11) is 5.84. The standard InChI is InChI=1S/C13H22N2O/c1-15(2)10-12(9-14)8-11-4-6-13(16-3)7-5-11/h4-7,12H,8-10,14H2,1-3H3. The summed E-state index contributed by atoms with van der Waals surface area (Å²) in [6, 6.07) is 8.21. The number of nitrogens with zero attached hydrogens (tertiary/aromatic N) is 1. The van der Waals surface area contributed by atoms with Crippen LogP contribution in [0, 0.1) is 5.92 Å². The van der Waals surface area contributed by atoms with Crippen molar-refractivity contribution >= 4 is 0 Å². The van der Waals surface area contributed by atoms with Crippen molar-refractivity contribution < 1.29 is 4.74 Å². The van der Waals surface area contributed by atoms with Gasteiger partial charge in [0, 0.05) is 6.54 Å². The second-order valence-electron chi connectivity index (χ2n) is 4.42. The normalized spacial score (nSPS) is 12.8. The summed E-state index contributed by atoms with van der Waals surface area (Å²) in [5.41, 5.74) is 7.09. The molecule has 1 aromatic carbocycles. The van der Waals surface area contributed by atoms with Crippen LogP contribution in [0.1, 0.15) is 5.56 Å². The fourth-order valence-electron chi connectivity index (χ4n) is 1.83. The Kier molecular flexibility index (Phi) is 5.29. The van der Waals surface area contributed by atoms with Gasteiger partial charge in [-0.2, -0.15) is 0 Å². The Hall–Kier alpha value is -1.06. The molecule has 3 nitrogen and oxygen atoms in total. The molecule has 90 valence electrons. The first-order valence-electron chi connectivity index (χ1n) is 5.63. The molecule has 0 aliphatic carbocycles. The molecular weight excluding hydrogens is 200 g/mol. The van der Waals surface area contributed by atoms with Crippen LogP contribution in [0.15, 0.2) is 24.3 Å². The summed E-state index contributed by atoms with van der Waals surface area (Å²) in [4.78, 5) is 2.18. The Morgan fingerprint density at radius 3 is 2.31 bits per heavy atom. The van der Waals surface area contributed by atoms with Crippen molar-refractivity contribution in [3.63, 3.8) is 0 Å². The van der Waals surface area contributed by atoms with Gasteiger partial charge in [0.2, 0.25) is 0 Å². The lowest BCUT2D eigenvalue weighted by atomic mass is 9.99. The number of nitrogens with two attached hydrogens (primary N) is 1. The van der Waals surface area contributed by atoms with Gasteiger partial charge in [-0.25, -0.2) is 0 Å². The lowest BCUT2D eigenvalue weighted by molar-refractivity contribution is 0.327. The highest BCUT2D eigenvalue weighted by Crippen LogP contribution is 2.14. The van der Waals surface area contributed by atoms with Crippen molar-refractivity contribution in [1.29, 1.82) is 0 Å². The Bertz CT molecular complexity index is 295. The second-order valence-corrected chi connectivity index (χ2v) is 4.42. The van der Waals surface area contributed by atoms with Crippen LogP contribution in [-0.4, -0.2) is 39.2 Å². The highest BCUT2D eigenvalue weighted by molar-refractivity contribution is 5.27. The highest BCUT2D eigenvalue weighted by Gasteiger charge is 2.08. The van der Waals surface area contributed by atoms with Gasteiger partial charge < -0.3 is 15.4 Å². The molecule has 0 aromatic heterocycles. The Morgan fingerprint density at radius 2 is 1.88 bits per heavy atom. The van der Waals surface area contributed by atoms with E-state index < -0.39 is 0 Å².